The van der Waals surface area contributed by atoms with E-state index in [1.54, 1.807) is 0 Å². The van der Waals surface area contributed by atoms with Crippen LogP contribution in [0, 0.1) is 6.92 Å². The first-order valence-electron chi connectivity index (χ1n) is 6.19. The van der Waals surface area contributed by atoms with Crippen LogP contribution >= 0.6 is 0 Å². The van der Waals surface area contributed by atoms with Gasteiger partial charge in [0.1, 0.15) is 6.17 Å². The number of unbranched alkanes of at least 4 members (excludes halogenated alkanes) is 1. The third kappa shape index (κ3) is 2.27. The number of hydrogen-bond acceptors (Lipinski definition) is 1. The normalized spacial score (nSPS) is 24.2. The Bertz CT molecular complexity index is 362. The molecule has 2 rings (SSSR count). The third-order valence-electron chi connectivity index (χ3n) is 3.38. The lowest BCUT2D eigenvalue weighted by Crippen LogP contribution is -2.37. The Morgan fingerprint density at radius 3 is 3.00 bits per heavy atom. The first-order chi connectivity index (χ1) is 7.72. The SMILES string of the molecule is CCCC[C@@H]1NCc2ccc(C)cc2[C@@H]1F. The van der Waals surface area contributed by atoms with E-state index in [-0.39, 0.29) is 6.04 Å². The predicted octanol–water partition coefficient (Wildman–Crippen LogP) is 3.67. The molecule has 1 nitrogen and oxygen atoms in total. The zero-order valence-corrected chi connectivity index (χ0v) is 10.1. The lowest BCUT2D eigenvalue weighted by Gasteiger charge is -2.30. The van der Waals surface area contributed by atoms with E-state index in [1.807, 2.05) is 19.1 Å². The van der Waals surface area contributed by atoms with Crippen molar-refractivity contribution in [1.82, 2.24) is 5.32 Å². The number of rotatable bonds is 3. The van der Waals surface area contributed by atoms with Crippen LogP contribution in [0.4, 0.5) is 4.39 Å². The van der Waals surface area contributed by atoms with E-state index >= 15 is 0 Å². The van der Waals surface area contributed by atoms with Crippen LogP contribution in [0.15, 0.2) is 18.2 Å². The Hall–Kier alpha value is -0.890. The van der Waals surface area contributed by atoms with Gasteiger partial charge in [0, 0.05) is 12.6 Å². The highest BCUT2D eigenvalue weighted by Gasteiger charge is 2.28. The summed E-state index contributed by atoms with van der Waals surface area (Å²) in [7, 11) is 0. The van der Waals surface area contributed by atoms with E-state index in [0.717, 1.165) is 42.5 Å². The van der Waals surface area contributed by atoms with Gasteiger partial charge in [0.05, 0.1) is 0 Å². The number of benzene rings is 1. The Morgan fingerprint density at radius 2 is 2.25 bits per heavy atom. The number of aryl methyl sites for hydroxylation is 1. The number of halogens is 1. The van der Waals surface area contributed by atoms with Gasteiger partial charge < -0.3 is 5.32 Å². The number of alkyl halides is 1. The second kappa shape index (κ2) is 4.96. The fourth-order valence-corrected chi connectivity index (χ4v) is 2.37. The second-order valence-corrected chi connectivity index (χ2v) is 4.73. The summed E-state index contributed by atoms with van der Waals surface area (Å²) < 4.78 is 14.3. The fraction of sp³-hybridized carbons (Fsp3) is 0.571. The van der Waals surface area contributed by atoms with Gasteiger partial charge in [0.2, 0.25) is 0 Å². The number of hydrogen-bond donors (Lipinski definition) is 1. The highest BCUT2D eigenvalue weighted by molar-refractivity contribution is 5.35. The highest BCUT2D eigenvalue weighted by atomic mass is 19.1. The Morgan fingerprint density at radius 1 is 1.44 bits per heavy atom. The van der Waals surface area contributed by atoms with Crippen molar-refractivity contribution >= 4 is 0 Å². The van der Waals surface area contributed by atoms with Crippen LogP contribution in [0.2, 0.25) is 0 Å². The summed E-state index contributed by atoms with van der Waals surface area (Å²) in [5, 5.41) is 3.30. The molecule has 0 bridgehead atoms. The molecule has 0 aromatic heterocycles. The predicted molar refractivity (Wildman–Crippen MR) is 65.2 cm³/mol. The Labute approximate surface area is 97.1 Å². The molecule has 2 atom stereocenters. The Kier molecular flexibility index (Phi) is 3.59. The van der Waals surface area contributed by atoms with E-state index in [1.165, 1.54) is 0 Å². The van der Waals surface area contributed by atoms with Crippen molar-refractivity contribution in [2.75, 3.05) is 0 Å². The van der Waals surface area contributed by atoms with Crippen molar-refractivity contribution in [3.8, 4) is 0 Å². The van der Waals surface area contributed by atoms with Crippen LogP contribution in [0.5, 0.6) is 0 Å². The molecule has 16 heavy (non-hydrogen) atoms. The van der Waals surface area contributed by atoms with E-state index in [0.29, 0.717) is 0 Å². The average molecular weight is 221 g/mol. The fourth-order valence-electron chi connectivity index (χ4n) is 2.37. The molecule has 0 fully saturated rings. The summed E-state index contributed by atoms with van der Waals surface area (Å²) in [6.45, 7) is 4.98. The minimum atomic E-state index is -0.838. The van der Waals surface area contributed by atoms with Gasteiger partial charge in [-0.05, 0) is 24.5 Å². The molecule has 0 amide bonds. The minimum Gasteiger partial charge on any atom is -0.307 e. The van der Waals surface area contributed by atoms with Crippen molar-refractivity contribution in [2.45, 2.75) is 51.9 Å². The van der Waals surface area contributed by atoms with Crippen LogP contribution in [0.1, 0.15) is 49.0 Å². The number of fused-ring (bicyclic) bond motifs is 1. The van der Waals surface area contributed by atoms with Crippen molar-refractivity contribution in [2.24, 2.45) is 0 Å². The summed E-state index contributed by atoms with van der Waals surface area (Å²) in [6, 6.07) is 6.11. The van der Waals surface area contributed by atoms with Gasteiger partial charge in [-0.3, -0.25) is 0 Å². The lowest BCUT2D eigenvalue weighted by molar-refractivity contribution is 0.222. The smallest absolute Gasteiger partial charge is 0.141 e. The third-order valence-corrected chi connectivity index (χ3v) is 3.38. The van der Waals surface area contributed by atoms with Gasteiger partial charge in [-0.25, -0.2) is 4.39 Å². The van der Waals surface area contributed by atoms with Crippen molar-refractivity contribution in [1.29, 1.82) is 0 Å². The summed E-state index contributed by atoms with van der Waals surface area (Å²) >= 11 is 0. The van der Waals surface area contributed by atoms with E-state index in [4.69, 9.17) is 0 Å². The molecule has 1 aromatic rings. The van der Waals surface area contributed by atoms with Crippen LogP contribution < -0.4 is 5.32 Å². The zero-order chi connectivity index (χ0) is 11.5. The van der Waals surface area contributed by atoms with Crippen molar-refractivity contribution in [3.05, 3.63) is 34.9 Å². The standard InChI is InChI=1S/C14H20FN/c1-3-4-5-13-14(15)12-8-10(2)6-7-11(12)9-16-13/h6-8,13-14,16H,3-5,9H2,1-2H3/t13-,14-/m0/s1. The Balaban J connectivity index is 2.17. The molecule has 1 aliphatic heterocycles. The van der Waals surface area contributed by atoms with Crippen LogP contribution in [0.25, 0.3) is 0 Å². The maximum Gasteiger partial charge on any atom is 0.141 e. The maximum atomic E-state index is 14.3. The maximum absolute atomic E-state index is 14.3. The zero-order valence-electron chi connectivity index (χ0n) is 10.1. The molecule has 0 radical (unpaired) electrons. The topological polar surface area (TPSA) is 12.0 Å². The molecule has 1 N–H and O–H groups in total. The largest absolute Gasteiger partial charge is 0.307 e. The van der Waals surface area contributed by atoms with Gasteiger partial charge in [0.15, 0.2) is 0 Å². The monoisotopic (exact) mass is 221 g/mol. The molecule has 1 aliphatic rings. The molecule has 0 saturated carbocycles. The first-order valence-corrected chi connectivity index (χ1v) is 6.19. The van der Waals surface area contributed by atoms with E-state index in [2.05, 4.69) is 18.3 Å². The molecule has 88 valence electrons. The van der Waals surface area contributed by atoms with Crippen molar-refractivity contribution in [3.63, 3.8) is 0 Å². The molecule has 0 saturated heterocycles. The summed E-state index contributed by atoms with van der Waals surface area (Å²) in [4.78, 5) is 0. The van der Waals surface area contributed by atoms with Gasteiger partial charge >= 0.3 is 0 Å². The lowest BCUT2D eigenvalue weighted by atomic mass is 9.90. The van der Waals surface area contributed by atoms with Gasteiger partial charge in [-0.2, -0.15) is 0 Å². The van der Waals surface area contributed by atoms with Gasteiger partial charge in [0.25, 0.3) is 0 Å². The second-order valence-electron chi connectivity index (χ2n) is 4.73. The highest BCUT2D eigenvalue weighted by Crippen LogP contribution is 2.32. The molecule has 0 unspecified atom stereocenters. The molecule has 0 aliphatic carbocycles. The molecule has 0 spiro atoms. The molecular weight excluding hydrogens is 201 g/mol. The molecular formula is C14H20FN. The number of nitrogens with one attached hydrogen (secondary N) is 1. The van der Waals surface area contributed by atoms with Crippen LogP contribution in [-0.4, -0.2) is 6.04 Å². The van der Waals surface area contributed by atoms with Crippen molar-refractivity contribution < 1.29 is 4.39 Å². The van der Waals surface area contributed by atoms with E-state index < -0.39 is 6.17 Å². The summed E-state index contributed by atoms with van der Waals surface area (Å²) in [5.41, 5.74) is 3.17. The summed E-state index contributed by atoms with van der Waals surface area (Å²) in [6.07, 6.45) is 2.32. The minimum absolute atomic E-state index is 0.00856. The van der Waals surface area contributed by atoms with Crippen LogP contribution in [0.3, 0.4) is 0 Å². The van der Waals surface area contributed by atoms with Gasteiger partial charge in [-0.1, -0.05) is 43.5 Å². The van der Waals surface area contributed by atoms with E-state index in [9.17, 15) is 4.39 Å². The van der Waals surface area contributed by atoms with Gasteiger partial charge in [-0.15, -0.1) is 0 Å². The summed E-state index contributed by atoms with van der Waals surface area (Å²) in [5.74, 6) is 0. The molecule has 2 heteroatoms. The first kappa shape index (κ1) is 11.6. The average Bonchev–Trinajstić information content (AvgIpc) is 2.29. The molecule has 1 aromatic carbocycles. The van der Waals surface area contributed by atoms with Crippen LogP contribution in [-0.2, 0) is 6.54 Å². The quantitative estimate of drug-likeness (QED) is 0.821. The molecule has 1 heterocycles.